The average molecular weight is 687 g/mol. The fourth-order valence-corrected chi connectivity index (χ4v) is 5.08. The maximum absolute atomic E-state index is 13.5. The number of aliphatic hydroxyl groups excluding tert-OH is 8. The van der Waals surface area contributed by atoms with Crippen molar-refractivity contribution in [2.24, 2.45) is 0 Å². The molecule has 2 unspecified atom stereocenters. The molecule has 8 N–H and O–H groups in total. The van der Waals surface area contributed by atoms with Gasteiger partial charge in [0.1, 0.15) is 48.8 Å². The molecule has 0 amide bonds. The Balaban J connectivity index is 1.63. The Bertz CT molecular complexity index is 1290. The number of ketones is 2. The predicted molar refractivity (Wildman–Crippen MR) is 157 cm³/mol. The van der Waals surface area contributed by atoms with Crippen molar-refractivity contribution < 1.29 is 88.3 Å². The minimum absolute atomic E-state index is 0.152. The number of carbonyl (C=O) groups is 2. The highest BCUT2D eigenvalue weighted by Crippen LogP contribution is 2.43. The van der Waals surface area contributed by atoms with Crippen molar-refractivity contribution in [2.45, 2.75) is 61.4 Å². The normalized spacial score (nSPS) is 30.2. The van der Waals surface area contributed by atoms with Crippen molar-refractivity contribution >= 4 is 11.6 Å². The topological polar surface area (TPSA) is 270 Å². The molecule has 18 heteroatoms. The van der Waals surface area contributed by atoms with Gasteiger partial charge in [0.15, 0.2) is 23.0 Å². The summed E-state index contributed by atoms with van der Waals surface area (Å²) < 4.78 is 43.5. The van der Waals surface area contributed by atoms with E-state index in [0.717, 1.165) is 24.3 Å². The fraction of sp³-hybridized carbons (Fsp3) is 0.533. The van der Waals surface area contributed by atoms with Crippen molar-refractivity contribution in [2.75, 3.05) is 41.7 Å². The Morgan fingerprint density at radius 1 is 0.542 bits per heavy atom. The number of hydrogen-bond donors (Lipinski definition) is 8. The van der Waals surface area contributed by atoms with Crippen molar-refractivity contribution in [3.63, 3.8) is 0 Å². The van der Waals surface area contributed by atoms with Crippen LogP contribution in [0.1, 0.15) is 20.7 Å². The molecule has 4 rings (SSSR count). The zero-order valence-corrected chi connectivity index (χ0v) is 26.2. The second-order valence-electron chi connectivity index (χ2n) is 10.7. The van der Waals surface area contributed by atoms with Crippen LogP contribution in [0, 0.1) is 0 Å². The number of rotatable bonds is 13. The molecule has 0 bridgehead atoms. The van der Waals surface area contributed by atoms with Gasteiger partial charge in [-0.3, -0.25) is 9.59 Å². The maximum atomic E-state index is 13.5. The molecule has 48 heavy (non-hydrogen) atoms. The van der Waals surface area contributed by atoms with Crippen molar-refractivity contribution in [3.8, 4) is 34.5 Å². The summed E-state index contributed by atoms with van der Waals surface area (Å²) in [4.78, 5) is 27.0. The van der Waals surface area contributed by atoms with Crippen LogP contribution in [0.2, 0.25) is 0 Å². The second-order valence-corrected chi connectivity index (χ2v) is 10.7. The summed E-state index contributed by atoms with van der Waals surface area (Å²) in [6.45, 7) is -1.41. The minimum atomic E-state index is -1.77. The number of methoxy groups -OCH3 is 4. The zero-order chi connectivity index (χ0) is 35.4. The molecule has 2 saturated heterocycles. The first kappa shape index (κ1) is 37.0. The van der Waals surface area contributed by atoms with Gasteiger partial charge < -0.3 is 78.7 Å². The lowest BCUT2D eigenvalue weighted by Gasteiger charge is -2.39. The molecule has 266 valence electrons. The Hall–Kier alpha value is -3.82. The summed E-state index contributed by atoms with van der Waals surface area (Å²) >= 11 is 0. The van der Waals surface area contributed by atoms with E-state index in [4.69, 9.17) is 37.9 Å². The number of carbonyl (C=O) groups excluding carboxylic acids is 2. The highest BCUT2D eigenvalue weighted by Gasteiger charge is 2.46. The fourth-order valence-electron chi connectivity index (χ4n) is 5.08. The molecule has 0 radical (unpaired) electrons. The van der Waals surface area contributed by atoms with E-state index < -0.39 is 86.2 Å². The first-order valence-corrected chi connectivity index (χ1v) is 14.4. The van der Waals surface area contributed by atoms with Gasteiger partial charge in [-0.15, -0.1) is 0 Å². The van der Waals surface area contributed by atoms with E-state index in [1.807, 2.05) is 0 Å². The lowest BCUT2D eigenvalue weighted by Crippen LogP contribution is -2.60. The van der Waals surface area contributed by atoms with Gasteiger partial charge in [0.05, 0.1) is 41.7 Å². The van der Waals surface area contributed by atoms with Crippen LogP contribution in [0.25, 0.3) is 0 Å². The van der Waals surface area contributed by atoms with Crippen molar-refractivity contribution in [1.82, 2.24) is 0 Å². The molecule has 0 saturated carbocycles. The van der Waals surface area contributed by atoms with E-state index in [-0.39, 0.29) is 45.6 Å². The monoisotopic (exact) mass is 686 g/mol. The SMILES string of the molecule is COc1cc(C(=O)C(=O)c2cc(OC)c(OC3O[C@H](CO)[C@@H](O)[C@H](O)[C@H]3O)c(OC)c2)cc(OC)c1OC1O[C@H](CO)[C@@H](O)[C@H](O)[C@H]1O. The molecule has 0 spiro atoms. The minimum Gasteiger partial charge on any atom is -0.493 e. The second kappa shape index (κ2) is 15.6. The smallest absolute Gasteiger partial charge is 0.233 e. The highest BCUT2D eigenvalue weighted by atomic mass is 16.7. The summed E-state index contributed by atoms with van der Waals surface area (Å²) in [6.07, 6.45) is -16.0. The van der Waals surface area contributed by atoms with E-state index in [9.17, 15) is 50.4 Å². The van der Waals surface area contributed by atoms with E-state index >= 15 is 0 Å². The number of hydrogen-bond acceptors (Lipinski definition) is 18. The first-order chi connectivity index (χ1) is 22.8. The molecule has 0 aliphatic carbocycles. The number of Topliss-reactive ketones (excluding diaryl/α,β-unsaturated/α-hetero) is 2. The highest BCUT2D eigenvalue weighted by molar-refractivity contribution is 6.49. The van der Waals surface area contributed by atoms with Crippen LogP contribution >= 0.6 is 0 Å². The van der Waals surface area contributed by atoms with Gasteiger partial charge >= 0.3 is 0 Å². The third-order valence-electron chi connectivity index (χ3n) is 7.82. The van der Waals surface area contributed by atoms with Crippen LogP contribution in [-0.2, 0) is 9.47 Å². The summed E-state index contributed by atoms with van der Waals surface area (Å²) in [6, 6.07) is 4.58. The Labute approximate surface area is 273 Å². The molecule has 18 nitrogen and oxygen atoms in total. The lowest BCUT2D eigenvalue weighted by molar-refractivity contribution is -0.277. The van der Waals surface area contributed by atoms with Crippen LogP contribution in [0.4, 0.5) is 0 Å². The summed E-state index contributed by atoms with van der Waals surface area (Å²) in [7, 11) is 4.87. The summed E-state index contributed by atoms with van der Waals surface area (Å²) in [5.74, 6) is -3.13. The summed E-state index contributed by atoms with van der Waals surface area (Å²) in [5, 5.41) is 80.1. The van der Waals surface area contributed by atoms with Crippen LogP contribution < -0.4 is 28.4 Å². The number of ether oxygens (including phenoxy) is 8. The summed E-state index contributed by atoms with van der Waals surface area (Å²) in [5.41, 5.74) is -0.455. The average Bonchev–Trinajstić information content (AvgIpc) is 3.10. The molecular weight excluding hydrogens is 648 g/mol. The Kier molecular flexibility index (Phi) is 12.0. The lowest BCUT2D eigenvalue weighted by atomic mass is 9.98. The van der Waals surface area contributed by atoms with Gasteiger partial charge in [0.2, 0.25) is 35.6 Å². The van der Waals surface area contributed by atoms with Gasteiger partial charge in [0.25, 0.3) is 0 Å². The molecule has 2 aromatic rings. The van der Waals surface area contributed by atoms with Crippen LogP contribution in [-0.4, -0.2) is 155 Å². The van der Waals surface area contributed by atoms with Crippen molar-refractivity contribution in [1.29, 1.82) is 0 Å². The molecular formula is C30H38O18. The molecule has 2 aliphatic rings. The van der Waals surface area contributed by atoms with Gasteiger partial charge in [0, 0.05) is 11.1 Å². The van der Waals surface area contributed by atoms with E-state index in [1.165, 1.54) is 28.4 Å². The largest absolute Gasteiger partial charge is 0.493 e. The maximum Gasteiger partial charge on any atom is 0.233 e. The quantitative estimate of drug-likeness (QED) is 0.0778. The first-order valence-electron chi connectivity index (χ1n) is 14.4. The molecule has 2 aliphatic heterocycles. The van der Waals surface area contributed by atoms with Crippen LogP contribution in [0.5, 0.6) is 34.5 Å². The number of aliphatic hydroxyl groups is 8. The third kappa shape index (κ3) is 7.13. The van der Waals surface area contributed by atoms with Crippen LogP contribution in [0.3, 0.4) is 0 Å². The molecule has 10 atom stereocenters. The molecule has 2 aromatic carbocycles. The van der Waals surface area contributed by atoms with E-state index in [1.54, 1.807) is 0 Å². The molecule has 2 fully saturated rings. The van der Waals surface area contributed by atoms with E-state index in [0.29, 0.717) is 0 Å². The van der Waals surface area contributed by atoms with Gasteiger partial charge in [-0.1, -0.05) is 0 Å². The van der Waals surface area contributed by atoms with Crippen molar-refractivity contribution in [3.05, 3.63) is 35.4 Å². The molecule has 2 heterocycles. The predicted octanol–water partition coefficient (Wildman–Crippen LogP) is -2.86. The van der Waals surface area contributed by atoms with Gasteiger partial charge in [-0.25, -0.2) is 0 Å². The third-order valence-corrected chi connectivity index (χ3v) is 7.82. The standard InChI is InChI=1S/C30H38O18/c1-41-13-5-11(6-14(42-2)27(13)47-29-25(39)23(37)21(35)17(9-31)45-29)19(33)20(34)12-7-15(43-3)28(16(8-12)44-4)48-30-26(40)24(38)22(36)18(10-32)46-30/h5-8,17-18,21-26,29-32,35-40H,9-10H2,1-4H3/t17-,18-,21-,22-,23+,24+,25-,26-,29?,30?/m1/s1. The van der Waals surface area contributed by atoms with Gasteiger partial charge in [-0.05, 0) is 24.3 Å². The number of benzene rings is 2. The molecule has 0 aromatic heterocycles. The van der Waals surface area contributed by atoms with Crippen LogP contribution in [0.15, 0.2) is 24.3 Å². The van der Waals surface area contributed by atoms with E-state index in [2.05, 4.69) is 0 Å². The Morgan fingerprint density at radius 2 is 0.833 bits per heavy atom. The van der Waals surface area contributed by atoms with Gasteiger partial charge in [-0.2, -0.15) is 0 Å². The zero-order valence-electron chi connectivity index (χ0n) is 26.2. The Morgan fingerprint density at radius 3 is 1.08 bits per heavy atom.